The molecule has 138 valence electrons. The predicted octanol–water partition coefficient (Wildman–Crippen LogP) is 3.58. The summed E-state index contributed by atoms with van der Waals surface area (Å²) in [7, 11) is 0. The van der Waals surface area contributed by atoms with E-state index in [1.807, 2.05) is 32.9 Å². The summed E-state index contributed by atoms with van der Waals surface area (Å²) in [5.74, 6) is 0.406. The highest BCUT2D eigenvalue weighted by atomic mass is 16.1. The maximum absolute atomic E-state index is 12.4. The van der Waals surface area contributed by atoms with Gasteiger partial charge in [-0.3, -0.25) is 14.7 Å². The zero-order valence-corrected chi connectivity index (χ0v) is 15.5. The molecule has 0 fully saturated rings. The van der Waals surface area contributed by atoms with Crippen molar-refractivity contribution in [3.8, 4) is 0 Å². The molecule has 0 atom stereocenters. The minimum absolute atomic E-state index is 0.0769. The van der Waals surface area contributed by atoms with Crippen LogP contribution in [0, 0.1) is 13.8 Å². The molecule has 27 heavy (non-hydrogen) atoms. The molecule has 0 spiro atoms. The minimum Gasteiger partial charge on any atom is -0.324 e. The second kappa shape index (κ2) is 7.90. The van der Waals surface area contributed by atoms with Crippen molar-refractivity contribution < 1.29 is 9.59 Å². The van der Waals surface area contributed by atoms with Gasteiger partial charge in [-0.1, -0.05) is 19.1 Å². The summed E-state index contributed by atoms with van der Waals surface area (Å²) in [6.45, 7) is 5.58. The van der Waals surface area contributed by atoms with Crippen molar-refractivity contribution in [2.24, 2.45) is 0 Å². The van der Waals surface area contributed by atoms with Crippen molar-refractivity contribution in [3.05, 3.63) is 64.7 Å². The van der Waals surface area contributed by atoms with E-state index in [-0.39, 0.29) is 18.0 Å². The van der Waals surface area contributed by atoms with Gasteiger partial charge in [0, 0.05) is 47.7 Å². The molecule has 2 N–H and O–H groups in total. The molecule has 0 radical (unpaired) electrons. The summed E-state index contributed by atoms with van der Waals surface area (Å²) in [6.07, 6.45) is 3.87. The summed E-state index contributed by atoms with van der Waals surface area (Å²) >= 11 is 0. The lowest BCUT2D eigenvalue weighted by Gasteiger charge is -2.07. The van der Waals surface area contributed by atoms with Gasteiger partial charge in [-0.2, -0.15) is 5.10 Å². The number of aromatic nitrogens is 4. The highest BCUT2D eigenvalue weighted by molar-refractivity contribution is 5.97. The van der Waals surface area contributed by atoms with Gasteiger partial charge in [0.1, 0.15) is 5.69 Å². The number of benzene rings is 1. The van der Waals surface area contributed by atoms with E-state index in [9.17, 15) is 9.59 Å². The van der Waals surface area contributed by atoms with Crippen LogP contribution in [-0.4, -0.2) is 31.7 Å². The third-order valence-electron chi connectivity index (χ3n) is 4.35. The van der Waals surface area contributed by atoms with E-state index in [0.29, 0.717) is 29.2 Å². The Balaban J connectivity index is 1.68. The molecule has 3 aromatic rings. The zero-order chi connectivity index (χ0) is 19.4. The summed E-state index contributed by atoms with van der Waals surface area (Å²) in [4.78, 5) is 32.7. The number of hydrogen-bond acceptors (Lipinski definition) is 6. The quantitative estimate of drug-likeness (QED) is 0.622. The number of H-pyrrole nitrogens is 1. The number of ketones is 2. The van der Waals surface area contributed by atoms with Crippen molar-refractivity contribution >= 4 is 23.2 Å². The topological polar surface area (TPSA) is 101 Å². The predicted molar refractivity (Wildman–Crippen MR) is 102 cm³/mol. The lowest BCUT2D eigenvalue weighted by molar-refractivity contribution is 0.0980. The van der Waals surface area contributed by atoms with Crippen molar-refractivity contribution in [3.63, 3.8) is 0 Å². The second-order valence-corrected chi connectivity index (χ2v) is 6.32. The number of aromatic amines is 1. The highest BCUT2D eigenvalue weighted by Gasteiger charge is 2.15. The van der Waals surface area contributed by atoms with Gasteiger partial charge >= 0.3 is 0 Å². The monoisotopic (exact) mass is 363 g/mol. The van der Waals surface area contributed by atoms with Gasteiger partial charge in [0.25, 0.3) is 0 Å². The standard InChI is InChI=1S/C20H21N5O2/c1-4-17(26)15-6-5-7-16(9-15)23-20-21-10-14(11-22-20)8-18(27)19-12(2)13(3)24-25-19/h5-7,9-11H,4,8H2,1-3H3,(H,24,25)(H,21,22,23). The van der Waals surface area contributed by atoms with Gasteiger partial charge in [-0.05, 0) is 31.5 Å². The van der Waals surface area contributed by atoms with Gasteiger partial charge < -0.3 is 5.32 Å². The molecule has 0 amide bonds. The Bertz CT molecular complexity index is 976. The van der Waals surface area contributed by atoms with Crippen LogP contribution in [0.3, 0.4) is 0 Å². The first-order chi connectivity index (χ1) is 13.0. The molecule has 0 bridgehead atoms. The van der Waals surface area contributed by atoms with Gasteiger partial charge in [0.15, 0.2) is 11.6 Å². The number of aryl methyl sites for hydroxylation is 1. The van der Waals surface area contributed by atoms with Crippen LogP contribution in [-0.2, 0) is 6.42 Å². The fourth-order valence-electron chi connectivity index (χ4n) is 2.64. The summed E-state index contributed by atoms with van der Waals surface area (Å²) in [5, 5.41) is 9.95. The minimum atomic E-state index is -0.0769. The zero-order valence-electron chi connectivity index (χ0n) is 15.5. The SMILES string of the molecule is CCC(=O)c1cccc(Nc2ncc(CC(=O)c3n[nH]c(C)c3C)cn2)c1. The van der Waals surface area contributed by atoms with Crippen LogP contribution in [0.4, 0.5) is 11.6 Å². The van der Waals surface area contributed by atoms with Crippen molar-refractivity contribution in [2.75, 3.05) is 5.32 Å². The lowest BCUT2D eigenvalue weighted by atomic mass is 10.1. The number of anilines is 2. The Morgan fingerprint density at radius 2 is 1.85 bits per heavy atom. The summed E-state index contributed by atoms with van der Waals surface area (Å²) < 4.78 is 0. The fourth-order valence-corrected chi connectivity index (χ4v) is 2.64. The maximum atomic E-state index is 12.4. The third kappa shape index (κ3) is 4.25. The molecular formula is C20H21N5O2. The summed E-state index contributed by atoms with van der Waals surface area (Å²) in [6, 6.07) is 7.21. The molecule has 0 unspecified atom stereocenters. The molecule has 3 rings (SSSR count). The average Bonchev–Trinajstić information content (AvgIpc) is 3.02. The van der Waals surface area contributed by atoms with E-state index in [1.165, 1.54) is 0 Å². The normalized spacial score (nSPS) is 10.6. The van der Waals surface area contributed by atoms with E-state index in [0.717, 1.165) is 16.9 Å². The van der Waals surface area contributed by atoms with Crippen LogP contribution >= 0.6 is 0 Å². The second-order valence-electron chi connectivity index (χ2n) is 6.32. The van der Waals surface area contributed by atoms with Crippen molar-refractivity contribution in [2.45, 2.75) is 33.6 Å². The lowest BCUT2D eigenvalue weighted by Crippen LogP contribution is -2.07. The van der Waals surface area contributed by atoms with Crippen LogP contribution in [0.5, 0.6) is 0 Å². The Morgan fingerprint density at radius 3 is 2.48 bits per heavy atom. The van der Waals surface area contributed by atoms with Crippen LogP contribution in [0.15, 0.2) is 36.7 Å². The number of carbonyl (C=O) groups is 2. The third-order valence-corrected chi connectivity index (χ3v) is 4.35. The molecule has 2 heterocycles. The molecule has 0 aliphatic heterocycles. The van der Waals surface area contributed by atoms with Crippen molar-refractivity contribution in [1.82, 2.24) is 20.2 Å². The first kappa shape index (κ1) is 18.4. The van der Waals surface area contributed by atoms with E-state index in [2.05, 4.69) is 25.5 Å². The average molecular weight is 363 g/mol. The number of carbonyl (C=O) groups excluding carboxylic acids is 2. The molecular weight excluding hydrogens is 342 g/mol. The molecule has 2 aromatic heterocycles. The first-order valence-corrected chi connectivity index (χ1v) is 8.74. The number of nitrogens with zero attached hydrogens (tertiary/aromatic N) is 3. The molecule has 7 heteroatoms. The fraction of sp³-hybridized carbons (Fsp3) is 0.250. The molecule has 0 aliphatic carbocycles. The van der Waals surface area contributed by atoms with Crippen LogP contribution in [0.25, 0.3) is 0 Å². The van der Waals surface area contributed by atoms with Crippen LogP contribution in [0.2, 0.25) is 0 Å². The molecule has 7 nitrogen and oxygen atoms in total. The van der Waals surface area contributed by atoms with E-state index in [4.69, 9.17) is 0 Å². The van der Waals surface area contributed by atoms with E-state index < -0.39 is 0 Å². The highest BCUT2D eigenvalue weighted by Crippen LogP contribution is 2.17. The number of Topliss-reactive ketones (excluding diaryl/α,β-unsaturated/α-hetero) is 2. The van der Waals surface area contributed by atoms with Crippen molar-refractivity contribution in [1.29, 1.82) is 0 Å². The first-order valence-electron chi connectivity index (χ1n) is 8.74. The van der Waals surface area contributed by atoms with Gasteiger partial charge in [0.2, 0.25) is 5.95 Å². The molecule has 0 aliphatic rings. The largest absolute Gasteiger partial charge is 0.324 e. The molecule has 0 saturated heterocycles. The Hall–Kier alpha value is -3.35. The van der Waals surface area contributed by atoms with Crippen LogP contribution < -0.4 is 5.32 Å². The maximum Gasteiger partial charge on any atom is 0.227 e. The smallest absolute Gasteiger partial charge is 0.227 e. The molecule has 1 aromatic carbocycles. The van der Waals surface area contributed by atoms with Gasteiger partial charge in [-0.15, -0.1) is 0 Å². The molecule has 0 saturated carbocycles. The van der Waals surface area contributed by atoms with Crippen LogP contribution in [0.1, 0.15) is 51.0 Å². The van der Waals surface area contributed by atoms with E-state index >= 15 is 0 Å². The van der Waals surface area contributed by atoms with Gasteiger partial charge in [0.05, 0.1) is 0 Å². The Kier molecular flexibility index (Phi) is 5.40. The van der Waals surface area contributed by atoms with Gasteiger partial charge in [-0.25, -0.2) is 9.97 Å². The van der Waals surface area contributed by atoms with E-state index in [1.54, 1.807) is 24.5 Å². The number of hydrogen-bond donors (Lipinski definition) is 2. The Labute approximate surface area is 157 Å². The number of rotatable bonds is 7. The number of nitrogens with one attached hydrogen (secondary N) is 2. The Morgan fingerprint density at radius 1 is 1.11 bits per heavy atom. The summed E-state index contributed by atoms with van der Waals surface area (Å²) in [5.41, 5.74) is 4.29.